The minimum Gasteiger partial charge on any atom is -0.477 e. The molecule has 2 heterocycles. The average molecular weight is 380 g/mol. The average Bonchev–Trinajstić information content (AvgIpc) is 2.52. The van der Waals surface area contributed by atoms with Crippen LogP contribution in [0.3, 0.4) is 0 Å². The fourth-order valence-electron chi connectivity index (χ4n) is 2.45. The van der Waals surface area contributed by atoms with Crippen LogP contribution >= 0.6 is 0 Å². The lowest BCUT2D eigenvalue weighted by Crippen LogP contribution is -2.60. The van der Waals surface area contributed by atoms with Gasteiger partial charge < -0.3 is 24.0 Å². The minimum atomic E-state index is -0.535. The van der Waals surface area contributed by atoms with Crippen molar-refractivity contribution in [1.29, 1.82) is 0 Å². The van der Waals surface area contributed by atoms with E-state index in [0.29, 0.717) is 25.6 Å². The highest BCUT2D eigenvalue weighted by Crippen LogP contribution is 2.25. The number of anilines is 1. The fraction of sp³-hybridized carbons (Fsp3) is 0.667. The van der Waals surface area contributed by atoms with Gasteiger partial charge in [-0.05, 0) is 34.6 Å². The van der Waals surface area contributed by atoms with Crippen molar-refractivity contribution >= 4 is 18.0 Å². The maximum absolute atomic E-state index is 12.1. The second kappa shape index (κ2) is 8.41. The van der Waals surface area contributed by atoms with Gasteiger partial charge in [0.05, 0.1) is 25.5 Å². The molecule has 0 bridgehead atoms. The second-order valence-electron chi connectivity index (χ2n) is 7.19. The van der Waals surface area contributed by atoms with Gasteiger partial charge in [0, 0.05) is 20.1 Å². The summed E-state index contributed by atoms with van der Waals surface area (Å²) in [5.74, 6) is 0.129. The van der Waals surface area contributed by atoms with E-state index in [4.69, 9.17) is 14.2 Å². The number of carbonyl (C=O) groups excluding carboxylic acids is 2. The van der Waals surface area contributed by atoms with Gasteiger partial charge in [0.25, 0.3) is 0 Å². The van der Waals surface area contributed by atoms with Crippen LogP contribution in [0.25, 0.3) is 0 Å². The Labute approximate surface area is 159 Å². The van der Waals surface area contributed by atoms with Crippen molar-refractivity contribution in [3.8, 4) is 5.88 Å². The van der Waals surface area contributed by atoms with Crippen molar-refractivity contribution in [1.82, 2.24) is 14.9 Å². The number of esters is 1. The molecule has 2 rings (SSSR count). The first-order valence-corrected chi connectivity index (χ1v) is 9.04. The normalized spacial score (nSPS) is 14.4. The molecule has 0 spiro atoms. The molecular weight excluding hydrogens is 352 g/mol. The lowest BCUT2D eigenvalue weighted by molar-refractivity contribution is 0.0195. The van der Waals surface area contributed by atoms with Crippen molar-refractivity contribution in [3.63, 3.8) is 0 Å². The summed E-state index contributed by atoms with van der Waals surface area (Å²) in [5.41, 5.74) is -0.335. The van der Waals surface area contributed by atoms with Gasteiger partial charge in [0.15, 0.2) is 0 Å². The molecule has 0 N–H and O–H groups in total. The standard InChI is InChI=1S/C18H28N4O5/c1-7-25-14-13(15(23)26-8-2)9-19-16(20-14)22-10-12(11-22)21(6)17(24)27-18(3,4)5/h9,12H,7-8,10-11H2,1-6H3. The summed E-state index contributed by atoms with van der Waals surface area (Å²) >= 11 is 0. The predicted molar refractivity (Wildman–Crippen MR) is 99.2 cm³/mol. The molecule has 150 valence electrons. The highest BCUT2D eigenvalue weighted by atomic mass is 16.6. The number of nitrogens with zero attached hydrogens (tertiary/aromatic N) is 4. The summed E-state index contributed by atoms with van der Waals surface area (Å²) in [6.45, 7) is 10.8. The maximum atomic E-state index is 12.1. The Bertz CT molecular complexity index is 683. The molecule has 1 aliphatic heterocycles. The molecule has 0 aliphatic carbocycles. The first kappa shape index (κ1) is 20.7. The zero-order chi connectivity index (χ0) is 20.2. The van der Waals surface area contributed by atoms with Gasteiger partial charge >= 0.3 is 12.1 Å². The highest BCUT2D eigenvalue weighted by molar-refractivity contribution is 5.91. The van der Waals surface area contributed by atoms with Crippen molar-refractivity contribution in [2.24, 2.45) is 0 Å². The maximum Gasteiger partial charge on any atom is 0.410 e. The zero-order valence-corrected chi connectivity index (χ0v) is 16.8. The monoisotopic (exact) mass is 380 g/mol. The van der Waals surface area contributed by atoms with E-state index in [0.717, 1.165) is 0 Å². The molecule has 1 aromatic rings. The number of hydrogen-bond donors (Lipinski definition) is 0. The number of rotatable bonds is 6. The van der Waals surface area contributed by atoms with Crippen LogP contribution in [0.5, 0.6) is 5.88 Å². The van der Waals surface area contributed by atoms with Crippen LogP contribution in [0, 0.1) is 0 Å². The molecule has 0 radical (unpaired) electrons. The Hall–Kier alpha value is -2.58. The van der Waals surface area contributed by atoms with Gasteiger partial charge in [-0.15, -0.1) is 0 Å². The number of hydrogen-bond acceptors (Lipinski definition) is 8. The Balaban J connectivity index is 2.03. The third-order valence-electron chi connectivity index (χ3n) is 3.89. The summed E-state index contributed by atoms with van der Waals surface area (Å²) in [4.78, 5) is 36.2. The molecule has 1 fully saturated rings. The Kier molecular flexibility index (Phi) is 6.45. The third-order valence-corrected chi connectivity index (χ3v) is 3.89. The molecule has 0 aromatic carbocycles. The molecule has 27 heavy (non-hydrogen) atoms. The molecular formula is C18H28N4O5. The molecule has 0 unspecified atom stereocenters. The SMILES string of the molecule is CCOC(=O)c1cnc(N2CC(N(C)C(=O)OC(C)(C)C)C2)nc1OCC. The van der Waals surface area contributed by atoms with Gasteiger partial charge in [-0.2, -0.15) is 4.98 Å². The molecule has 9 nitrogen and oxygen atoms in total. The van der Waals surface area contributed by atoms with Gasteiger partial charge in [-0.1, -0.05) is 0 Å². The summed E-state index contributed by atoms with van der Waals surface area (Å²) in [7, 11) is 1.71. The Morgan fingerprint density at radius 3 is 2.48 bits per heavy atom. The largest absolute Gasteiger partial charge is 0.477 e. The molecule has 1 aliphatic rings. The van der Waals surface area contributed by atoms with E-state index in [1.807, 2.05) is 32.6 Å². The lowest BCUT2D eigenvalue weighted by atomic mass is 10.1. The third kappa shape index (κ3) is 5.21. The van der Waals surface area contributed by atoms with Gasteiger partial charge in [0.1, 0.15) is 11.2 Å². The predicted octanol–water partition coefficient (Wildman–Crippen LogP) is 2.11. The molecule has 1 amide bonds. The van der Waals surface area contributed by atoms with Crippen molar-refractivity contribution in [3.05, 3.63) is 11.8 Å². The number of aromatic nitrogens is 2. The smallest absolute Gasteiger partial charge is 0.410 e. The van der Waals surface area contributed by atoms with Crippen LogP contribution in [-0.4, -0.2) is 71.9 Å². The van der Waals surface area contributed by atoms with Crippen molar-refractivity contribution < 1.29 is 23.8 Å². The van der Waals surface area contributed by atoms with Gasteiger partial charge in [-0.25, -0.2) is 14.6 Å². The zero-order valence-electron chi connectivity index (χ0n) is 16.8. The summed E-state index contributed by atoms with van der Waals surface area (Å²) in [6, 6.07) is 0.00345. The minimum absolute atomic E-state index is 0.00345. The van der Waals surface area contributed by atoms with E-state index in [9.17, 15) is 9.59 Å². The summed E-state index contributed by atoms with van der Waals surface area (Å²) in [6.07, 6.45) is 1.05. The summed E-state index contributed by atoms with van der Waals surface area (Å²) in [5, 5.41) is 0. The van der Waals surface area contributed by atoms with Gasteiger partial charge in [-0.3, -0.25) is 0 Å². The van der Waals surface area contributed by atoms with E-state index < -0.39 is 11.6 Å². The fourth-order valence-corrected chi connectivity index (χ4v) is 2.45. The molecule has 9 heteroatoms. The van der Waals surface area contributed by atoms with Gasteiger partial charge in [0.2, 0.25) is 11.8 Å². The van der Waals surface area contributed by atoms with Crippen molar-refractivity contribution in [2.45, 2.75) is 46.3 Å². The van der Waals surface area contributed by atoms with E-state index >= 15 is 0 Å². The quantitative estimate of drug-likeness (QED) is 0.693. The Morgan fingerprint density at radius 1 is 1.26 bits per heavy atom. The molecule has 1 saturated heterocycles. The van der Waals surface area contributed by atoms with Crippen molar-refractivity contribution in [2.75, 3.05) is 38.3 Å². The molecule has 0 saturated carbocycles. The first-order valence-electron chi connectivity index (χ1n) is 9.04. The van der Waals surface area contributed by atoms with Crippen LogP contribution in [0.4, 0.5) is 10.7 Å². The summed E-state index contributed by atoms with van der Waals surface area (Å²) < 4.78 is 15.8. The van der Waals surface area contributed by atoms with Crippen LogP contribution in [-0.2, 0) is 9.47 Å². The molecule has 1 aromatic heterocycles. The second-order valence-corrected chi connectivity index (χ2v) is 7.19. The Morgan fingerprint density at radius 2 is 1.93 bits per heavy atom. The number of carbonyl (C=O) groups is 2. The number of likely N-dealkylation sites (N-methyl/N-ethyl adjacent to an activating group) is 1. The van der Waals surface area contributed by atoms with Crippen LogP contribution in [0.15, 0.2) is 6.20 Å². The van der Waals surface area contributed by atoms with Crippen LogP contribution in [0.2, 0.25) is 0 Å². The highest BCUT2D eigenvalue weighted by Gasteiger charge is 2.36. The van der Waals surface area contributed by atoms with Crippen LogP contribution in [0.1, 0.15) is 45.0 Å². The number of amides is 1. The van der Waals surface area contributed by atoms with E-state index in [1.54, 1.807) is 18.9 Å². The molecule has 0 atom stereocenters. The number of ether oxygens (including phenoxy) is 3. The van der Waals surface area contributed by atoms with E-state index in [2.05, 4.69) is 9.97 Å². The lowest BCUT2D eigenvalue weighted by Gasteiger charge is -2.43. The first-order chi connectivity index (χ1) is 12.7. The van der Waals surface area contributed by atoms with E-state index in [-0.39, 0.29) is 30.2 Å². The topological polar surface area (TPSA) is 94.1 Å². The van der Waals surface area contributed by atoms with E-state index in [1.165, 1.54) is 6.20 Å². The van der Waals surface area contributed by atoms with Crippen LogP contribution < -0.4 is 9.64 Å².